The van der Waals surface area contributed by atoms with Crippen molar-refractivity contribution in [3.05, 3.63) is 51.1 Å². The zero-order valence-corrected chi connectivity index (χ0v) is 23.7. The van der Waals surface area contributed by atoms with Crippen molar-refractivity contribution < 1.29 is 24.5 Å². The van der Waals surface area contributed by atoms with Crippen molar-refractivity contribution in [2.75, 3.05) is 7.11 Å². The Morgan fingerprint density at radius 2 is 1.29 bits per heavy atom. The highest BCUT2D eigenvalue weighted by atomic mass is 16.6. The Bertz CT molecular complexity index is 1260. The lowest BCUT2D eigenvalue weighted by Gasteiger charge is -2.46. The number of fused-ring (bicyclic) bond motifs is 2. The second-order valence-corrected chi connectivity index (χ2v) is 11.7. The summed E-state index contributed by atoms with van der Waals surface area (Å²) >= 11 is 0. The van der Waals surface area contributed by atoms with E-state index in [1.165, 1.54) is 36.8 Å². The molecule has 2 saturated carbocycles. The summed E-state index contributed by atoms with van der Waals surface area (Å²) in [5.41, 5.74) is 11.1. The third-order valence-electron chi connectivity index (χ3n) is 9.68. The molecule has 2 spiro atoms. The van der Waals surface area contributed by atoms with E-state index in [-0.39, 0.29) is 11.2 Å². The highest BCUT2D eigenvalue weighted by Crippen LogP contribution is 2.51. The average molecular weight is 522 g/mol. The molecule has 206 valence electrons. The Hall–Kier alpha value is -2.70. The van der Waals surface area contributed by atoms with Crippen molar-refractivity contribution in [2.24, 2.45) is 0 Å². The van der Waals surface area contributed by atoms with Gasteiger partial charge in [-0.05, 0) is 109 Å². The quantitative estimate of drug-likeness (QED) is 0.384. The van der Waals surface area contributed by atoms with E-state index in [2.05, 4.69) is 12.1 Å². The van der Waals surface area contributed by atoms with E-state index in [4.69, 9.17) is 14.3 Å². The molecule has 0 aromatic heterocycles. The number of phenolic OH excluding ortho intramolecular Hbond substituents is 2. The maximum absolute atomic E-state index is 10.3. The average Bonchev–Trinajstić information content (AvgIpc) is 2.89. The number of hydrogen-bond donors (Lipinski definition) is 3. The molecule has 2 fully saturated rings. The Morgan fingerprint density at radius 3 is 1.76 bits per heavy atom. The SMILES string of the molecule is C=Cc1c(C)c(O)c(C)c2c1OC1(CCC1)CC2.CONCc1c(C)c(O)c(C)c2c1OC1(CCC1)CC2. The second-order valence-electron chi connectivity index (χ2n) is 11.7. The van der Waals surface area contributed by atoms with Crippen molar-refractivity contribution >= 4 is 6.08 Å². The van der Waals surface area contributed by atoms with Crippen LogP contribution in [0.2, 0.25) is 0 Å². The normalized spacial score (nSPS) is 19.6. The van der Waals surface area contributed by atoms with Crippen LogP contribution in [-0.4, -0.2) is 28.5 Å². The Labute approximate surface area is 227 Å². The molecule has 4 aliphatic rings. The van der Waals surface area contributed by atoms with Gasteiger partial charge in [0.2, 0.25) is 0 Å². The van der Waals surface area contributed by atoms with Gasteiger partial charge in [0, 0.05) is 27.8 Å². The van der Waals surface area contributed by atoms with Gasteiger partial charge in [-0.1, -0.05) is 12.7 Å². The van der Waals surface area contributed by atoms with Crippen LogP contribution in [0.25, 0.3) is 6.08 Å². The molecule has 2 aromatic carbocycles. The monoisotopic (exact) mass is 521 g/mol. The van der Waals surface area contributed by atoms with Gasteiger partial charge in [0.15, 0.2) is 0 Å². The van der Waals surface area contributed by atoms with Crippen LogP contribution in [0.4, 0.5) is 0 Å². The first kappa shape index (κ1) is 26.9. The zero-order chi connectivity index (χ0) is 27.2. The summed E-state index contributed by atoms with van der Waals surface area (Å²) in [6.07, 6.45) is 13.2. The molecule has 6 rings (SSSR count). The van der Waals surface area contributed by atoms with Crippen molar-refractivity contribution in [1.82, 2.24) is 5.48 Å². The van der Waals surface area contributed by atoms with Gasteiger partial charge >= 0.3 is 0 Å². The lowest BCUT2D eigenvalue weighted by Crippen LogP contribution is -2.46. The molecule has 0 amide bonds. The minimum Gasteiger partial charge on any atom is -0.507 e. The topological polar surface area (TPSA) is 80.2 Å². The molecule has 0 bridgehead atoms. The number of hydroxylamine groups is 1. The first-order chi connectivity index (χ1) is 18.2. The molecule has 6 heteroatoms. The highest BCUT2D eigenvalue weighted by molar-refractivity contribution is 5.69. The number of hydrogen-bond acceptors (Lipinski definition) is 6. The van der Waals surface area contributed by atoms with Crippen LogP contribution in [-0.2, 0) is 24.2 Å². The predicted molar refractivity (Wildman–Crippen MR) is 150 cm³/mol. The number of aromatic hydroxyl groups is 2. The van der Waals surface area contributed by atoms with Crippen molar-refractivity contribution in [2.45, 2.75) is 110 Å². The van der Waals surface area contributed by atoms with Gasteiger partial charge in [-0.2, -0.15) is 5.48 Å². The lowest BCUT2D eigenvalue weighted by molar-refractivity contribution is -0.0268. The first-order valence-electron chi connectivity index (χ1n) is 14.1. The van der Waals surface area contributed by atoms with Crippen molar-refractivity contribution in [1.29, 1.82) is 0 Å². The smallest absolute Gasteiger partial charge is 0.131 e. The molecule has 0 saturated heterocycles. The first-order valence-corrected chi connectivity index (χ1v) is 14.1. The largest absolute Gasteiger partial charge is 0.507 e. The predicted octanol–water partition coefficient (Wildman–Crippen LogP) is 6.81. The minimum absolute atomic E-state index is 0.0602. The molecule has 3 N–H and O–H groups in total. The van der Waals surface area contributed by atoms with Crippen LogP contribution in [0.1, 0.15) is 95.9 Å². The summed E-state index contributed by atoms with van der Waals surface area (Å²) in [5, 5.41) is 20.5. The molecule has 2 heterocycles. The summed E-state index contributed by atoms with van der Waals surface area (Å²) < 4.78 is 12.7. The minimum atomic E-state index is 0.0602. The Kier molecular flexibility index (Phi) is 7.16. The Balaban J connectivity index is 0.000000156. The number of ether oxygens (including phenoxy) is 2. The number of rotatable bonds is 4. The Morgan fingerprint density at radius 1 is 0.789 bits per heavy atom. The maximum Gasteiger partial charge on any atom is 0.131 e. The van der Waals surface area contributed by atoms with Crippen molar-refractivity contribution in [3.8, 4) is 23.0 Å². The summed E-state index contributed by atoms with van der Waals surface area (Å²) in [6.45, 7) is 12.3. The van der Waals surface area contributed by atoms with Gasteiger partial charge < -0.3 is 24.5 Å². The standard InChI is InChI=1S/C16H23NO3.C16H20O2/c1-10-12-5-8-16(6-4-7-16)20-15(12)13(9-17-19-3)11(2)14(10)18;1-4-12-10(2)14(17)11(3)13-6-9-16(7-5-8-16)18-15(12)13/h17-18H,4-9H2,1-3H3;4,17H,1,5-9H2,2-3H3. The lowest BCUT2D eigenvalue weighted by atomic mass is 9.73. The molecule has 0 atom stereocenters. The van der Waals surface area contributed by atoms with Crippen LogP contribution in [0.5, 0.6) is 23.0 Å². The van der Waals surface area contributed by atoms with Crippen molar-refractivity contribution in [3.63, 3.8) is 0 Å². The third-order valence-corrected chi connectivity index (χ3v) is 9.68. The molecular formula is C32H43NO5. The molecule has 38 heavy (non-hydrogen) atoms. The summed E-state index contributed by atoms with van der Waals surface area (Å²) in [4.78, 5) is 4.97. The molecule has 0 radical (unpaired) electrons. The van der Waals surface area contributed by atoms with Gasteiger partial charge in [-0.25, -0.2) is 0 Å². The van der Waals surface area contributed by atoms with Gasteiger partial charge in [0.1, 0.15) is 34.2 Å². The van der Waals surface area contributed by atoms with E-state index in [1.54, 1.807) is 7.11 Å². The molecule has 2 aliphatic heterocycles. The molecule has 2 aromatic rings. The maximum atomic E-state index is 10.3. The van der Waals surface area contributed by atoms with E-state index < -0.39 is 0 Å². The third kappa shape index (κ3) is 4.36. The summed E-state index contributed by atoms with van der Waals surface area (Å²) in [7, 11) is 1.60. The number of benzene rings is 2. The number of nitrogens with one attached hydrogen (secondary N) is 1. The van der Waals surface area contributed by atoms with E-state index in [9.17, 15) is 10.2 Å². The summed E-state index contributed by atoms with van der Waals surface area (Å²) in [5.74, 6) is 2.75. The van der Waals surface area contributed by atoms with E-state index in [0.29, 0.717) is 18.0 Å². The molecular weight excluding hydrogens is 478 g/mol. The second kappa shape index (κ2) is 10.1. The van der Waals surface area contributed by atoms with E-state index in [0.717, 1.165) is 83.4 Å². The van der Waals surface area contributed by atoms with Crippen LogP contribution >= 0.6 is 0 Å². The van der Waals surface area contributed by atoms with Gasteiger partial charge in [-0.15, -0.1) is 0 Å². The van der Waals surface area contributed by atoms with Crippen LogP contribution in [0.3, 0.4) is 0 Å². The van der Waals surface area contributed by atoms with Crippen LogP contribution in [0, 0.1) is 27.7 Å². The fourth-order valence-electron chi connectivity index (χ4n) is 6.68. The molecule has 2 aliphatic carbocycles. The fourth-order valence-corrected chi connectivity index (χ4v) is 6.68. The van der Waals surface area contributed by atoms with E-state index >= 15 is 0 Å². The van der Waals surface area contributed by atoms with Gasteiger partial charge in [0.05, 0.1) is 13.7 Å². The van der Waals surface area contributed by atoms with Gasteiger partial charge in [-0.3, -0.25) is 0 Å². The number of phenols is 2. The molecule has 6 nitrogen and oxygen atoms in total. The molecule has 0 unspecified atom stereocenters. The summed E-state index contributed by atoms with van der Waals surface area (Å²) in [6, 6.07) is 0. The van der Waals surface area contributed by atoms with Gasteiger partial charge in [0.25, 0.3) is 0 Å². The fraction of sp³-hybridized carbons (Fsp3) is 0.562. The zero-order valence-electron chi connectivity index (χ0n) is 23.7. The van der Waals surface area contributed by atoms with E-state index in [1.807, 2.05) is 33.8 Å². The highest BCUT2D eigenvalue weighted by Gasteiger charge is 2.44. The van der Waals surface area contributed by atoms with Crippen LogP contribution in [0.15, 0.2) is 6.58 Å². The van der Waals surface area contributed by atoms with Crippen LogP contribution < -0.4 is 15.0 Å².